The van der Waals surface area contributed by atoms with E-state index in [-0.39, 0.29) is 18.9 Å². The number of aliphatic hydroxyl groups is 1. The van der Waals surface area contributed by atoms with Gasteiger partial charge in [0.05, 0.1) is 12.4 Å². The fourth-order valence-corrected chi connectivity index (χ4v) is 4.65. The zero-order valence-electron chi connectivity index (χ0n) is 18.3. The van der Waals surface area contributed by atoms with Gasteiger partial charge in [0.15, 0.2) is 0 Å². The van der Waals surface area contributed by atoms with Crippen molar-refractivity contribution in [3.63, 3.8) is 0 Å². The molecule has 1 atom stereocenters. The first-order valence-electron chi connectivity index (χ1n) is 11.4. The zero-order chi connectivity index (χ0) is 22.0. The number of fused-ring (bicyclic) bond motifs is 2. The lowest BCUT2D eigenvalue weighted by Gasteiger charge is -2.20. The first kappa shape index (κ1) is 21.6. The number of nitrogens with one attached hydrogen (secondary N) is 1. The normalized spacial score (nSPS) is 16.1. The van der Waals surface area contributed by atoms with Crippen molar-refractivity contribution >= 4 is 27.8 Å². The summed E-state index contributed by atoms with van der Waals surface area (Å²) in [6, 6.07) is 3.89. The summed E-state index contributed by atoms with van der Waals surface area (Å²) in [5.74, 6) is 0.335. The molecule has 4 rings (SSSR count). The molecule has 2 heterocycles. The molecule has 1 saturated carbocycles. The Bertz CT molecular complexity index is 1140. The molecule has 1 unspecified atom stereocenters. The Morgan fingerprint density at radius 3 is 2.71 bits per heavy atom. The van der Waals surface area contributed by atoms with Crippen LogP contribution >= 0.6 is 0 Å². The van der Waals surface area contributed by atoms with Crippen LogP contribution < -0.4 is 10.9 Å². The smallest absolute Gasteiger partial charge is 0.339 e. The van der Waals surface area contributed by atoms with Crippen molar-refractivity contribution in [3.8, 4) is 0 Å². The number of hydrogen-bond acceptors (Lipinski definition) is 5. The summed E-state index contributed by atoms with van der Waals surface area (Å²) >= 11 is 0. The van der Waals surface area contributed by atoms with Gasteiger partial charge in [0.25, 0.3) is 0 Å². The minimum absolute atomic E-state index is 0.175. The van der Waals surface area contributed by atoms with Crippen LogP contribution in [-0.2, 0) is 11.2 Å². The molecule has 0 radical (unpaired) electrons. The van der Waals surface area contributed by atoms with Crippen LogP contribution in [-0.4, -0.2) is 23.7 Å². The second-order valence-electron chi connectivity index (χ2n) is 8.73. The summed E-state index contributed by atoms with van der Waals surface area (Å²) in [6.45, 7) is 4.00. The highest BCUT2D eigenvalue weighted by Crippen LogP contribution is 2.39. The van der Waals surface area contributed by atoms with E-state index in [0.29, 0.717) is 29.9 Å². The SMILES string of the molecule is CCC(O)CNC(=O)CCc1c(C)c2cc3c(C4CCCCC4)coc3cc2oc1=O. The van der Waals surface area contributed by atoms with Crippen molar-refractivity contribution in [3.05, 3.63) is 45.5 Å². The van der Waals surface area contributed by atoms with Crippen molar-refractivity contribution in [2.45, 2.75) is 77.2 Å². The molecule has 1 fully saturated rings. The summed E-state index contributed by atoms with van der Waals surface area (Å²) in [4.78, 5) is 24.7. The van der Waals surface area contributed by atoms with E-state index in [1.165, 1.54) is 37.7 Å². The average Bonchev–Trinajstić information content (AvgIpc) is 3.19. The number of aliphatic hydroxyl groups excluding tert-OH is 1. The maximum absolute atomic E-state index is 12.6. The quantitative estimate of drug-likeness (QED) is 0.535. The Kier molecular flexibility index (Phi) is 6.46. The van der Waals surface area contributed by atoms with Gasteiger partial charge < -0.3 is 19.3 Å². The highest BCUT2D eigenvalue weighted by atomic mass is 16.4. The number of hydrogen-bond donors (Lipinski definition) is 2. The van der Waals surface area contributed by atoms with Crippen LogP contribution in [0.25, 0.3) is 21.9 Å². The van der Waals surface area contributed by atoms with E-state index in [1.54, 1.807) is 0 Å². The molecule has 3 aromatic rings. The molecule has 6 heteroatoms. The topological polar surface area (TPSA) is 92.7 Å². The van der Waals surface area contributed by atoms with Gasteiger partial charge in [-0.2, -0.15) is 0 Å². The van der Waals surface area contributed by atoms with Gasteiger partial charge in [0.2, 0.25) is 5.91 Å². The van der Waals surface area contributed by atoms with E-state index in [9.17, 15) is 14.7 Å². The Morgan fingerprint density at radius 1 is 1.19 bits per heavy atom. The van der Waals surface area contributed by atoms with Crippen LogP contribution in [0, 0.1) is 6.92 Å². The first-order valence-corrected chi connectivity index (χ1v) is 11.4. The van der Waals surface area contributed by atoms with E-state index < -0.39 is 11.7 Å². The third-order valence-electron chi connectivity index (χ3n) is 6.66. The Morgan fingerprint density at radius 2 is 1.97 bits per heavy atom. The summed E-state index contributed by atoms with van der Waals surface area (Å²) in [5, 5.41) is 14.3. The van der Waals surface area contributed by atoms with Gasteiger partial charge >= 0.3 is 5.63 Å². The maximum Gasteiger partial charge on any atom is 0.339 e. The van der Waals surface area contributed by atoms with Crippen molar-refractivity contribution in [1.29, 1.82) is 0 Å². The number of aryl methyl sites for hydroxylation is 1. The number of carbonyl (C=O) groups is 1. The molecule has 1 aromatic carbocycles. The minimum atomic E-state index is -0.549. The number of amides is 1. The molecule has 1 amide bonds. The molecule has 1 aliphatic rings. The van der Waals surface area contributed by atoms with E-state index in [1.807, 2.05) is 26.2 Å². The maximum atomic E-state index is 12.6. The fourth-order valence-electron chi connectivity index (χ4n) is 4.65. The summed E-state index contributed by atoms with van der Waals surface area (Å²) in [7, 11) is 0. The standard InChI is InChI=1S/C25H31NO5/c1-3-17(27)13-26-24(28)10-9-18-15(2)19-11-20-21(16-7-5-4-6-8-16)14-30-22(20)12-23(19)31-25(18)29/h11-12,14,16-17,27H,3-10,13H2,1-2H3,(H,26,28). The molecule has 1 aliphatic carbocycles. The van der Waals surface area contributed by atoms with Crippen molar-refractivity contribution in [1.82, 2.24) is 5.32 Å². The Hall–Kier alpha value is -2.60. The third-order valence-corrected chi connectivity index (χ3v) is 6.66. The zero-order valence-corrected chi connectivity index (χ0v) is 18.3. The highest BCUT2D eigenvalue weighted by molar-refractivity contribution is 5.96. The van der Waals surface area contributed by atoms with Crippen LogP contribution in [0.1, 0.15) is 74.5 Å². The largest absolute Gasteiger partial charge is 0.464 e. The number of furan rings is 1. The van der Waals surface area contributed by atoms with Crippen LogP contribution in [0.4, 0.5) is 0 Å². The van der Waals surface area contributed by atoms with E-state index >= 15 is 0 Å². The molecular weight excluding hydrogens is 394 g/mol. The predicted octanol–water partition coefficient (Wildman–Crippen LogP) is 4.72. The Balaban J connectivity index is 1.62. The summed E-state index contributed by atoms with van der Waals surface area (Å²) < 4.78 is 11.4. The van der Waals surface area contributed by atoms with Crippen molar-refractivity contribution in [2.75, 3.05) is 6.54 Å². The Labute approximate surface area is 181 Å². The molecule has 166 valence electrons. The molecule has 31 heavy (non-hydrogen) atoms. The molecule has 0 saturated heterocycles. The van der Waals surface area contributed by atoms with E-state index in [4.69, 9.17) is 8.83 Å². The van der Waals surface area contributed by atoms with Crippen molar-refractivity contribution < 1.29 is 18.7 Å². The predicted molar refractivity (Wildman–Crippen MR) is 120 cm³/mol. The summed E-state index contributed by atoms with van der Waals surface area (Å²) in [5.41, 5.74) is 3.48. The molecule has 0 aliphatic heterocycles. The molecule has 2 N–H and O–H groups in total. The lowest BCUT2D eigenvalue weighted by molar-refractivity contribution is -0.121. The average molecular weight is 426 g/mol. The van der Waals surface area contributed by atoms with Crippen molar-refractivity contribution in [2.24, 2.45) is 0 Å². The van der Waals surface area contributed by atoms with Crippen LogP contribution in [0.3, 0.4) is 0 Å². The van der Waals surface area contributed by atoms with Crippen LogP contribution in [0.2, 0.25) is 0 Å². The second-order valence-corrected chi connectivity index (χ2v) is 8.73. The molecule has 0 bridgehead atoms. The lowest BCUT2D eigenvalue weighted by Crippen LogP contribution is -2.32. The first-order chi connectivity index (χ1) is 15.0. The van der Waals surface area contributed by atoms with Gasteiger partial charge in [-0.3, -0.25) is 4.79 Å². The molecular formula is C25H31NO5. The lowest BCUT2D eigenvalue weighted by atomic mass is 9.84. The molecule has 2 aromatic heterocycles. The van der Waals surface area contributed by atoms with Gasteiger partial charge in [-0.15, -0.1) is 0 Å². The van der Waals surface area contributed by atoms with E-state index in [2.05, 4.69) is 11.4 Å². The monoisotopic (exact) mass is 425 g/mol. The van der Waals surface area contributed by atoms with Gasteiger partial charge in [-0.1, -0.05) is 26.2 Å². The molecule has 6 nitrogen and oxygen atoms in total. The number of rotatable bonds is 7. The van der Waals surface area contributed by atoms with E-state index in [0.717, 1.165) is 21.9 Å². The van der Waals surface area contributed by atoms with Gasteiger partial charge in [-0.25, -0.2) is 4.79 Å². The number of carbonyl (C=O) groups excluding carboxylic acids is 1. The third kappa shape index (κ3) is 4.54. The number of benzene rings is 1. The van der Waals surface area contributed by atoms with Gasteiger partial charge in [0.1, 0.15) is 11.2 Å². The van der Waals surface area contributed by atoms with Crippen LogP contribution in [0.15, 0.2) is 32.0 Å². The van der Waals surface area contributed by atoms with Gasteiger partial charge in [-0.05, 0) is 50.2 Å². The van der Waals surface area contributed by atoms with Crippen LogP contribution in [0.5, 0.6) is 0 Å². The highest BCUT2D eigenvalue weighted by Gasteiger charge is 2.21. The second kappa shape index (κ2) is 9.27. The fraction of sp³-hybridized carbons (Fsp3) is 0.520. The van der Waals surface area contributed by atoms with Gasteiger partial charge in [0, 0.05) is 40.9 Å². The molecule has 0 spiro atoms. The summed E-state index contributed by atoms with van der Waals surface area (Å²) in [6.07, 6.45) is 8.54. The minimum Gasteiger partial charge on any atom is -0.464 e.